The molecule has 0 aliphatic carbocycles. The highest BCUT2D eigenvalue weighted by molar-refractivity contribution is 7.08. The standard InChI is InChI=1S/C28H18O2S2/c29-27-23(19-9-11-31-15-19)13-17-5-1-3-7-21(17)25(27)26-22-8-4-2-6-18(22)14-24(28(26)30)20-10-12-32-16-20/h1-16,29-30H. The number of phenols is 2. The van der Waals surface area contributed by atoms with Gasteiger partial charge in [0, 0.05) is 22.3 Å². The number of rotatable bonds is 3. The van der Waals surface area contributed by atoms with Gasteiger partial charge < -0.3 is 10.2 Å². The van der Waals surface area contributed by atoms with E-state index in [2.05, 4.69) is 12.1 Å². The van der Waals surface area contributed by atoms with Gasteiger partial charge in [-0.15, -0.1) is 0 Å². The smallest absolute Gasteiger partial charge is 0.132 e. The number of thiophene rings is 2. The molecule has 0 saturated carbocycles. The second kappa shape index (κ2) is 7.52. The maximum absolute atomic E-state index is 11.6. The normalized spacial score (nSPS) is 11.4. The van der Waals surface area contributed by atoms with Gasteiger partial charge in [-0.3, -0.25) is 0 Å². The Morgan fingerprint density at radius 1 is 0.531 bits per heavy atom. The maximum atomic E-state index is 11.6. The lowest BCUT2D eigenvalue weighted by molar-refractivity contribution is 0.472. The third kappa shape index (κ3) is 2.92. The third-order valence-electron chi connectivity index (χ3n) is 5.96. The summed E-state index contributed by atoms with van der Waals surface area (Å²) in [5.41, 5.74) is 4.80. The Bertz CT molecular complexity index is 1460. The minimum atomic E-state index is 0.185. The van der Waals surface area contributed by atoms with Gasteiger partial charge in [0.15, 0.2) is 0 Å². The zero-order valence-electron chi connectivity index (χ0n) is 16.9. The van der Waals surface area contributed by atoms with Crippen LogP contribution in [-0.2, 0) is 0 Å². The lowest BCUT2D eigenvalue weighted by Crippen LogP contribution is -1.91. The van der Waals surface area contributed by atoms with Crippen LogP contribution in [0.1, 0.15) is 0 Å². The molecule has 0 radical (unpaired) electrons. The van der Waals surface area contributed by atoms with E-state index < -0.39 is 0 Å². The summed E-state index contributed by atoms with van der Waals surface area (Å²) in [5, 5.41) is 35.2. The average molecular weight is 451 g/mol. The molecule has 0 atom stereocenters. The number of fused-ring (bicyclic) bond motifs is 2. The molecule has 2 aromatic heterocycles. The zero-order chi connectivity index (χ0) is 21.7. The first-order valence-electron chi connectivity index (χ1n) is 10.3. The lowest BCUT2D eigenvalue weighted by atomic mass is 9.87. The van der Waals surface area contributed by atoms with Crippen LogP contribution in [0.25, 0.3) is 54.9 Å². The van der Waals surface area contributed by atoms with Gasteiger partial charge in [-0.2, -0.15) is 22.7 Å². The monoisotopic (exact) mass is 450 g/mol. The molecule has 4 heteroatoms. The van der Waals surface area contributed by atoms with Crippen molar-refractivity contribution in [2.45, 2.75) is 0 Å². The molecule has 6 aromatic rings. The summed E-state index contributed by atoms with van der Waals surface area (Å²) in [7, 11) is 0. The van der Waals surface area contributed by atoms with Crippen LogP contribution in [-0.4, -0.2) is 10.2 Å². The van der Waals surface area contributed by atoms with Crippen molar-refractivity contribution in [3.8, 4) is 44.9 Å². The summed E-state index contributed by atoms with van der Waals surface area (Å²) in [6, 6.07) is 24.1. The number of hydrogen-bond acceptors (Lipinski definition) is 4. The van der Waals surface area contributed by atoms with Crippen molar-refractivity contribution in [3.05, 3.63) is 94.3 Å². The molecular weight excluding hydrogens is 432 g/mol. The molecule has 0 aliphatic heterocycles. The predicted molar refractivity (Wildman–Crippen MR) is 137 cm³/mol. The number of benzene rings is 4. The van der Waals surface area contributed by atoms with E-state index in [4.69, 9.17) is 0 Å². The van der Waals surface area contributed by atoms with Crippen LogP contribution < -0.4 is 0 Å². The van der Waals surface area contributed by atoms with Crippen molar-refractivity contribution in [1.29, 1.82) is 0 Å². The Labute approximate surface area is 193 Å². The minimum absolute atomic E-state index is 0.185. The van der Waals surface area contributed by atoms with E-state index in [-0.39, 0.29) is 11.5 Å². The zero-order valence-corrected chi connectivity index (χ0v) is 18.6. The second-order valence-electron chi connectivity index (χ2n) is 7.76. The fourth-order valence-electron chi connectivity index (χ4n) is 4.45. The fraction of sp³-hybridized carbons (Fsp3) is 0. The Balaban J connectivity index is 1.80. The fourth-order valence-corrected chi connectivity index (χ4v) is 5.77. The van der Waals surface area contributed by atoms with Crippen LogP contribution in [0.4, 0.5) is 0 Å². The topological polar surface area (TPSA) is 40.5 Å². The van der Waals surface area contributed by atoms with E-state index in [0.29, 0.717) is 11.1 Å². The average Bonchev–Trinajstić information content (AvgIpc) is 3.54. The van der Waals surface area contributed by atoms with E-state index in [9.17, 15) is 10.2 Å². The van der Waals surface area contributed by atoms with Crippen molar-refractivity contribution in [2.24, 2.45) is 0 Å². The highest BCUT2D eigenvalue weighted by atomic mass is 32.1. The van der Waals surface area contributed by atoms with Gasteiger partial charge in [0.2, 0.25) is 0 Å². The summed E-state index contributed by atoms with van der Waals surface area (Å²) in [6.07, 6.45) is 0. The number of phenolic OH excluding ortho intramolecular Hbond substituents is 2. The van der Waals surface area contributed by atoms with Crippen molar-refractivity contribution >= 4 is 44.2 Å². The first-order valence-corrected chi connectivity index (χ1v) is 12.2. The molecule has 0 saturated heterocycles. The molecular formula is C28H18O2S2. The van der Waals surface area contributed by atoms with E-state index in [0.717, 1.165) is 43.8 Å². The third-order valence-corrected chi connectivity index (χ3v) is 7.32. The van der Waals surface area contributed by atoms with Gasteiger partial charge in [-0.1, -0.05) is 48.5 Å². The molecule has 4 aromatic carbocycles. The van der Waals surface area contributed by atoms with Crippen LogP contribution in [0.2, 0.25) is 0 Å². The van der Waals surface area contributed by atoms with Gasteiger partial charge in [-0.05, 0) is 78.5 Å². The highest BCUT2D eigenvalue weighted by Crippen LogP contribution is 2.51. The molecule has 2 heterocycles. The summed E-state index contributed by atoms with van der Waals surface area (Å²) in [5.74, 6) is 0.370. The molecule has 6 rings (SSSR count). The quantitative estimate of drug-likeness (QED) is 0.284. The van der Waals surface area contributed by atoms with Gasteiger partial charge >= 0.3 is 0 Å². The first-order chi connectivity index (χ1) is 15.7. The molecule has 0 amide bonds. The van der Waals surface area contributed by atoms with E-state index in [1.165, 1.54) is 0 Å². The molecule has 32 heavy (non-hydrogen) atoms. The molecule has 0 aliphatic rings. The Morgan fingerprint density at radius 2 is 0.969 bits per heavy atom. The number of aromatic hydroxyl groups is 2. The Kier molecular flexibility index (Phi) is 4.49. The van der Waals surface area contributed by atoms with Crippen molar-refractivity contribution in [3.63, 3.8) is 0 Å². The summed E-state index contributed by atoms with van der Waals surface area (Å²) < 4.78 is 0. The van der Waals surface area contributed by atoms with Gasteiger partial charge in [0.25, 0.3) is 0 Å². The van der Waals surface area contributed by atoms with Crippen LogP contribution in [0.3, 0.4) is 0 Å². The van der Waals surface area contributed by atoms with E-state index in [1.54, 1.807) is 22.7 Å². The summed E-state index contributed by atoms with van der Waals surface area (Å²) in [6.45, 7) is 0. The molecule has 2 N–H and O–H groups in total. The van der Waals surface area contributed by atoms with Gasteiger partial charge in [0.05, 0.1) is 0 Å². The van der Waals surface area contributed by atoms with Crippen LogP contribution in [0.5, 0.6) is 11.5 Å². The van der Waals surface area contributed by atoms with Gasteiger partial charge in [0.1, 0.15) is 11.5 Å². The molecule has 0 fully saturated rings. The summed E-state index contributed by atoms with van der Waals surface area (Å²) in [4.78, 5) is 0. The van der Waals surface area contributed by atoms with Crippen LogP contribution in [0, 0.1) is 0 Å². The maximum Gasteiger partial charge on any atom is 0.132 e. The molecule has 2 nitrogen and oxygen atoms in total. The predicted octanol–water partition coefficient (Wildman–Crippen LogP) is 8.53. The van der Waals surface area contributed by atoms with Crippen LogP contribution >= 0.6 is 22.7 Å². The van der Waals surface area contributed by atoms with Crippen molar-refractivity contribution in [1.82, 2.24) is 0 Å². The molecule has 0 unspecified atom stereocenters. The largest absolute Gasteiger partial charge is 0.507 e. The molecule has 154 valence electrons. The van der Waals surface area contributed by atoms with E-state index in [1.807, 2.05) is 82.2 Å². The highest BCUT2D eigenvalue weighted by Gasteiger charge is 2.23. The summed E-state index contributed by atoms with van der Waals surface area (Å²) >= 11 is 3.19. The SMILES string of the molecule is Oc1c(-c2ccsc2)cc2ccccc2c1-c1c(O)c(-c2ccsc2)cc2ccccc12. The van der Waals surface area contributed by atoms with Crippen molar-refractivity contribution in [2.75, 3.05) is 0 Å². The number of hydrogen-bond donors (Lipinski definition) is 2. The Hall–Kier alpha value is -3.60. The lowest BCUT2D eigenvalue weighted by Gasteiger charge is -2.18. The van der Waals surface area contributed by atoms with Crippen molar-refractivity contribution < 1.29 is 10.2 Å². The first kappa shape index (κ1) is 19.1. The van der Waals surface area contributed by atoms with E-state index >= 15 is 0 Å². The Morgan fingerprint density at radius 3 is 1.38 bits per heavy atom. The molecule has 0 spiro atoms. The minimum Gasteiger partial charge on any atom is -0.507 e. The second-order valence-corrected chi connectivity index (χ2v) is 9.32. The molecule has 0 bridgehead atoms. The van der Waals surface area contributed by atoms with Crippen LogP contribution in [0.15, 0.2) is 94.3 Å². The van der Waals surface area contributed by atoms with Gasteiger partial charge in [-0.25, -0.2) is 0 Å².